The average Bonchev–Trinajstić information content (AvgIpc) is 2.63. The maximum atomic E-state index is 11.5. The molecule has 0 saturated carbocycles. The van der Waals surface area contributed by atoms with E-state index in [1.165, 1.54) is 5.56 Å². The highest BCUT2D eigenvalue weighted by Gasteiger charge is 2.06. The van der Waals surface area contributed by atoms with Gasteiger partial charge in [0.2, 0.25) is 5.91 Å². The second kappa shape index (κ2) is 13.2. The Morgan fingerprint density at radius 1 is 1.08 bits per heavy atom. The number of rotatable bonds is 11. The molecule has 1 amide bonds. The number of carbonyl (C=O) groups excluding carboxylic acids is 1. The predicted molar refractivity (Wildman–Crippen MR) is 107 cm³/mol. The van der Waals surface area contributed by atoms with Gasteiger partial charge in [0, 0.05) is 32.1 Å². The summed E-state index contributed by atoms with van der Waals surface area (Å²) in [7, 11) is 0. The van der Waals surface area contributed by atoms with E-state index >= 15 is 0 Å². The maximum absolute atomic E-state index is 11.5. The number of nitrogens with zero attached hydrogens (tertiary/aromatic N) is 1. The molecule has 0 aromatic heterocycles. The number of nitrogens with one attached hydrogen (secondary N) is 3. The van der Waals surface area contributed by atoms with Crippen LogP contribution in [0.3, 0.4) is 0 Å². The van der Waals surface area contributed by atoms with Crippen molar-refractivity contribution in [1.82, 2.24) is 16.0 Å². The second-order valence-electron chi connectivity index (χ2n) is 6.70. The van der Waals surface area contributed by atoms with Crippen molar-refractivity contribution >= 4 is 11.9 Å². The molecule has 1 atom stereocenters. The Hall–Kier alpha value is -2.08. The Kier molecular flexibility index (Phi) is 11.1. The van der Waals surface area contributed by atoms with Gasteiger partial charge in [-0.1, -0.05) is 51.1 Å². The van der Waals surface area contributed by atoms with Gasteiger partial charge in [-0.05, 0) is 18.4 Å². The summed E-state index contributed by atoms with van der Waals surface area (Å²) in [6.07, 6.45) is 0. The van der Waals surface area contributed by atoms with Gasteiger partial charge in [0.15, 0.2) is 5.96 Å². The summed E-state index contributed by atoms with van der Waals surface area (Å²) < 4.78 is 5.76. The van der Waals surface area contributed by atoms with E-state index < -0.39 is 0 Å². The second-order valence-corrected chi connectivity index (χ2v) is 6.70. The zero-order valence-electron chi connectivity index (χ0n) is 16.5. The molecule has 1 rings (SSSR count). The molecule has 0 heterocycles. The lowest BCUT2D eigenvalue weighted by Gasteiger charge is -2.14. The third-order valence-corrected chi connectivity index (χ3v) is 3.66. The number of aliphatic imine (C=N–C) groups is 1. The number of benzene rings is 1. The molecule has 0 fully saturated rings. The monoisotopic (exact) mass is 362 g/mol. The van der Waals surface area contributed by atoms with Crippen molar-refractivity contribution < 1.29 is 9.53 Å². The highest BCUT2D eigenvalue weighted by molar-refractivity contribution is 5.80. The molecule has 0 aliphatic heterocycles. The number of amides is 1. The number of carbonyl (C=O) groups is 1. The van der Waals surface area contributed by atoms with Crippen molar-refractivity contribution in [3.05, 3.63) is 35.9 Å². The summed E-state index contributed by atoms with van der Waals surface area (Å²) in [6.45, 7) is 11.9. The fraction of sp³-hybridized carbons (Fsp3) is 0.600. The molecule has 0 spiro atoms. The zero-order chi connectivity index (χ0) is 19.2. The summed E-state index contributed by atoms with van der Waals surface area (Å²) in [4.78, 5) is 16.1. The first-order chi connectivity index (χ1) is 12.5. The van der Waals surface area contributed by atoms with Gasteiger partial charge in [0.05, 0.1) is 13.2 Å². The molecule has 6 nitrogen and oxygen atoms in total. The Bertz CT molecular complexity index is 532. The first kappa shape index (κ1) is 22.0. The third kappa shape index (κ3) is 10.0. The van der Waals surface area contributed by atoms with Crippen LogP contribution in [0.4, 0.5) is 0 Å². The summed E-state index contributed by atoms with van der Waals surface area (Å²) in [5.41, 5.74) is 1.18. The summed E-state index contributed by atoms with van der Waals surface area (Å²) >= 11 is 0. The van der Waals surface area contributed by atoms with Crippen LogP contribution in [-0.4, -0.2) is 44.7 Å². The summed E-state index contributed by atoms with van der Waals surface area (Å²) in [5.74, 6) is 1.17. The minimum atomic E-state index is 0.00800. The van der Waals surface area contributed by atoms with Crippen molar-refractivity contribution in [2.75, 3.05) is 32.8 Å². The Labute approximate surface area is 157 Å². The standard InChI is InChI=1S/C20H34N4O2/c1-5-21-20(23-12-11-22-19(25)16(2)3)24-13-17(4)14-26-15-18-9-7-6-8-10-18/h6-10,16-17H,5,11-15H2,1-4H3,(H,22,25)(H2,21,23,24). The van der Waals surface area contributed by atoms with Crippen molar-refractivity contribution in [2.24, 2.45) is 16.8 Å². The summed E-state index contributed by atoms with van der Waals surface area (Å²) in [5, 5.41) is 9.34. The smallest absolute Gasteiger partial charge is 0.222 e. The van der Waals surface area contributed by atoms with E-state index in [0.29, 0.717) is 38.8 Å². The molecule has 1 aromatic rings. The van der Waals surface area contributed by atoms with Crippen LogP contribution in [0.15, 0.2) is 35.3 Å². The SMILES string of the molecule is CCNC(=NCC(C)COCc1ccccc1)NCCNC(=O)C(C)C. The van der Waals surface area contributed by atoms with E-state index in [2.05, 4.69) is 40.0 Å². The molecule has 1 unspecified atom stereocenters. The van der Waals surface area contributed by atoms with Gasteiger partial charge >= 0.3 is 0 Å². The summed E-state index contributed by atoms with van der Waals surface area (Å²) in [6, 6.07) is 10.2. The molecule has 0 saturated heterocycles. The quantitative estimate of drug-likeness (QED) is 0.320. The van der Waals surface area contributed by atoms with Gasteiger partial charge in [-0.25, -0.2) is 0 Å². The predicted octanol–water partition coefficient (Wildman–Crippen LogP) is 2.17. The number of guanidine groups is 1. The molecule has 0 aliphatic rings. The lowest BCUT2D eigenvalue weighted by molar-refractivity contribution is -0.123. The number of hydrogen-bond donors (Lipinski definition) is 3. The number of hydrogen-bond acceptors (Lipinski definition) is 3. The van der Waals surface area contributed by atoms with Crippen LogP contribution in [-0.2, 0) is 16.1 Å². The van der Waals surface area contributed by atoms with Crippen LogP contribution < -0.4 is 16.0 Å². The zero-order valence-corrected chi connectivity index (χ0v) is 16.5. The first-order valence-electron chi connectivity index (χ1n) is 9.44. The fourth-order valence-corrected chi connectivity index (χ4v) is 2.16. The highest BCUT2D eigenvalue weighted by atomic mass is 16.5. The van der Waals surface area contributed by atoms with Crippen molar-refractivity contribution in [3.63, 3.8) is 0 Å². The Balaban J connectivity index is 2.27. The van der Waals surface area contributed by atoms with Crippen LogP contribution in [0.2, 0.25) is 0 Å². The molecule has 26 heavy (non-hydrogen) atoms. The van der Waals surface area contributed by atoms with Crippen molar-refractivity contribution in [1.29, 1.82) is 0 Å². The molecular weight excluding hydrogens is 328 g/mol. The maximum Gasteiger partial charge on any atom is 0.222 e. The van der Waals surface area contributed by atoms with E-state index in [0.717, 1.165) is 12.5 Å². The third-order valence-electron chi connectivity index (χ3n) is 3.66. The minimum absolute atomic E-state index is 0.00800. The van der Waals surface area contributed by atoms with Crippen LogP contribution in [0, 0.1) is 11.8 Å². The van der Waals surface area contributed by atoms with E-state index in [-0.39, 0.29) is 11.8 Å². The molecule has 3 N–H and O–H groups in total. The molecule has 146 valence electrons. The molecule has 1 aromatic carbocycles. The van der Waals surface area contributed by atoms with Crippen molar-refractivity contribution in [2.45, 2.75) is 34.3 Å². The van der Waals surface area contributed by atoms with Crippen LogP contribution in [0.5, 0.6) is 0 Å². The van der Waals surface area contributed by atoms with Gasteiger partial charge in [0.1, 0.15) is 0 Å². The van der Waals surface area contributed by atoms with Gasteiger partial charge < -0.3 is 20.7 Å². The van der Waals surface area contributed by atoms with Gasteiger partial charge in [-0.15, -0.1) is 0 Å². The van der Waals surface area contributed by atoms with E-state index in [9.17, 15) is 4.79 Å². The van der Waals surface area contributed by atoms with Gasteiger partial charge in [0.25, 0.3) is 0 Å². The van der Waals surface area contributed by atoms with Crippen LogP contribution in [0.25, 0.3) is 0 Å². The molecule has 0 bridgehead atoms. The molecule has 0 radical (unpaired) electrons. The topological polar surface area (TPSA) is 74.8 Å². The van der Waals surface area contributed by atoms with E-state index in [4.69, 9.17) is 4.74 Å². The van der Waals surface area contributed by atoms with Gasteiger partial charge in [-0.3, -0.25) is 9.79 Å². The number of ether oxygens (including phenoxy) is 1. The lowest BCUT2D eigenvalue weighted by atomic mass is 10.2. The largest absolute Gasteiger partial charge is 0.376 e. The Morgan fingerprint density at radius 3 is 2.42 bits per heavy atom. The van der Waals surface area contributed by atoms with Crippen molar-refractivity contribution in [3.8, 4) is 0 Å². The Morgan fingerprint density at radius 2 is 1.77 bits per heavy atom. The van der Waals surface area contributed by atoms with Gasteiger partial charge in [-0.2, -0.15) is 0 Å². The fourth-order valence-electron chi connectivity index (χ4n) is 2.16. The minimum Gasteiger partial charge on any atom is -0.376 e. The first-order valence-corrected chi connectivity index (χ1v) is 9.44. The highest BCUT2D eigenvalue weighted by Crippen LogP contribution is 2.03. The molecule has 6 heteroatoms. The van der Waals surface area contributed by atoms with E-state index in [1.54, 1.807) is 0 Å². The van der Waals surface area contributed by atoms with Crippen LogP contribution >= 0.6 is 0 Å². The molecule has 0 aliphatic carbocycles. The lowest BCUT2D eigenvalue weighted by Crippen LogP contribution is -2.42. The average molecular weight is 363 g/mol. The van der Waals surface area contributed by atoms with Crippen LogP contribution in [0.1, 0.15) is 33.3 Å². The normalized spacial score (nSPS) is 12.7. The molecular formula is C20H34N4O2. The van der Waals surface area contributed by atoms with E-state index in [1.807, 2.05) is 39.0 Å².